The molecule has 6 heteroatoms. The maximum Gasteiger partial charge on any atom is 0.259 e. The molecule has 148 valence electrons. The molecular formula is C23H22N2O3S. The van der Waals surface area contributed by atoms with Gasteiger partial charge in [-0.05, 0) is 66.8 Å². The fourth-order valence-corrected chi connectivity index (χ4v) is 4.70. The molecule has 1 aliphatic carbocycles. The first-order chi connectivity index (χ1) is 14.2. The predicted octanol–water partition coefficient (Wildman–Crippen LogP) is 5.26. The van der Waals surface area contributed by atoms with E-state index >= 15 is 0 Å². The minimum atomic E-state index is -0.143. The number of methoxy groups -OCH3 is 2. The number of amides is 1. The van der Waals surface area contributed by atoms with Gasteiger partial charge in [0.1, 0.15) is 16.5 Å². The van der Waals surface area contributed by atoms with Gasteiger partial charge in [-0.2, -0.15) is 0 Å². The third-order valence-electron chi connectivity index (χ3n) is 4.93. The molecule has 0 fully saturated rings. The lowest BCUT2D eigenvalue weighted by molar-refractivity contribution is 0.102. The van der Waals surface area contributed by atoms with E-state index in [-0.39, 0.29) is 5.91 Å². The van der Waals surface area contributed by atoms with E-state index in [4.69, 9.17) is 9.47 Å². The van der Waals surface area contributed by atoms with Crippen LogP contribution in [0.4, 0.5) is 10.7 Å². The van der Waals surface area contributed by atoms with E-state index in [2.05, 4.69) is 10.3 Å². The van der Waals surface area contributed by atoms with Gasteiger partial charge in [0, 0.05) is 11.1 Å². The number of benzene rings is 2. The lowest BCUT2D eigenvalue weighted by Crippen LogP contribution is -2.13. The summed E-state index contributed by atoms with van der Waals surface area (Å²) in [5.41, 5.74) is 3.42. The molecule has 0 atom stereocenters. The molecule has 29 heavy (non-hydrogen) atoms. The summed E-state index contributed by atoms with van der Waals surface area (Å²) in [6.45, 7) is 0. The van der Waals surface area contributed by atoms with Crippen LogP contribution >= 0.6 is 11.3 Å². The number of para-hydroxylation sites is 2. The number of nitrogens with one attached hydrogen (secondary N) is 1. The van der Waals surface area contributed by atoms with E-state index in [0.29, 0.717) is 17.0 Å². The zero-order valence-corrected chi connectivity index (χ0v) is 17.2. The first kappa shape index (κ1) is 19.2. The Morgan fingerprint density at radius 1 is 1.07 bits per heavy atom. The van der Waals surface area contributed by atoms with Gasteiger partial charge in [-0.3, -0.25) is 4.79 Å². The van der Waals surface area contributed by atoms with E-state index < -0.39 is 0 Å². The molecule has 0 saturated heterocycles. The van der Waals surface area contributed by atoms with E-state index in [1.54, 1.807) is 31.8 Å². The van der Waals surface area contributed by atoms with E-state index in [1.807, 2.05) is 48.5 Å². The second-order valence-electron chi connectivity index (χ2n) is 6.72. The number of carbonyl (C=O) groups excluding carboxylic acids is 1. The summed E-state index contributed by atoms with van der Waals surface area (Å²) < 4.78 is 10.6. The molecule has 5 nitrogen and oxygen atoms in total. The number of anilines is 1. The zero-order chi connectivity index (χ0) is 20.2. The molecule has 1 amide bonds. The van der Waals surface area contributed by atoms with Gasteiger partial charge in [0.05, 0.1) is 25.5 Å². The molecule has 0 aliphatic heterocycles. The minimum Gasteiger partial charge on any atom is -0.497 e. The summed E-state index contributed by atoms with van der Waals surface area (Å²) >= 11 is 1.61. The smallest absolute Gasteiger partial charge is 0.259 e. The first-order valence-corrected chi connectivity index (χ1v) is 10.3. The summed E-state index contributed by atoms with van der Waals surface area (Å²) in [5, 5.41) is 3.75. The molecule has 2 aromatic carbocycles. The van der Waals surface area contributed by atoms with Crippen LogP contribution in [0.25, 0.3) is 0 Å². The van der Waals surface area contributed by atoms with Crippen molar-refractivity contribution in [1.82, 2.24) is 0 Å². The molecule has 0 unspecified atom stereocenters. The number of nitrogens with zero attached hydrogens (tertiary/aromatic N) is 1. The van der Waals surface area contributed by atoms with Crippen LogP contribution in [0.5, 0.6) is 11.5 Å². The Labute approximate surface area is 174 Å². The van der Waals surface area contributed by atoms with Crippen LogP contribution in [0.15, 0.2) is 53.5 Å². The Morgan fingerprint density at radius 3 is 2.62 bits per heavy atom. The molecule has 1 heterocycles. The molecular weight excluding hydrogens is 384 g/mol. The molecule has 4 rings (SSSR count). The maximum absolute atomic E-state index is 13.2. The summed E-state index contributed by atoms with van der Waals surface area (Å²) in [4.78, 5) is 19.1. The first-order valence-electron chi connectivity index (χ1n) is 9.46. The highest BCUT2D eigenvalue weighted by Gasteiger charge is 2.26. The Kier molecular flexibility index (Phi) is 5.62. The number of thiophene rings is 1. The Balaban J connectivity index is 1.64. The summed E-state index contributed by atoms with van der Waals surface area (Å²) in [7, 11) is 3.24. The van der Waals surface area contributed by atoms with Crippen molar-refractivity contribution in [2.45, 2.75) is 19.3 Å². The van der Waals surface area contributed by atoms with E-state index in [0.717, 1.165) is 41.1 Å². The molecule has 0 spiro atoms. The number of ether oxygens (including phenoxy) is 2. The molecule has 0 radical (unpaired) electrons. The van der Waals surface area contributed by atoms with Crippen LogP contribution in [0.2, 0.25) is 0 Å². The van der Waals surface area contributed by atoms with E-state index in [1.165, 1.54) is 4.88 Å². The summed E-state index contributed by atoms with van der Waals surface area (Å²) in [6.07, 6.45) is 4.80. The number of aryl methyl sites for hydroxylation is 1. The van der Waals surface area contributed by atoms with Crippen molar-refractivity contribution < 1.29 is 14.3 Å². The number of aliphatic imine (C=N–C) groups is 1. The molecule has 0 saturated carbocycles. The Hall–Kier alpha value is -3.12. The van der Waals surface area contributed by atoms with Gasteiger partial charge < -0.3 is 14.8 Å². The third kappa shape index (κ3) is 4.03. The topological polar surface area (TPSA) is 59.9 Å². The third-order valence-corrected chi connectivity index (χ3v) is 6.13. The van der Waals surface area contributed by atoms with Crippen LogP contribution in [-0.4, -0.2) is 26.3 Å². The largest absolute Gasteiger partial charge is 0.497 e. The highest BCUT2D eigenvalue weighted by Crippen LogP contribution is 2.41. The van der Waals surface area contributed by atoms with Gasteiger partial charge in [-0.25, -0.2) is 4.99 Å². The van der Waals surface area contributed by atoms with E-state index in [9.17, 15) is 4.79 Å². The van der Waals surface area contributed by atoms with Gasteiger partial charge in [0.25, 0.3) is 5.91 Å². The standard InChI is InChI=1S/C23H22N2O3S/c1-27-16-12-10-15(11-13-16)14-24-23-21(17-6-5-9-20(17)29-23)22(26)25-18-7-3-4-8-19(18)28-2/h3-4,7-8,10-14H,5-6,9H2,1-2H3,(H,25,26)/b24-14+. The average Bonchev–Trinajstić information content (AvgIpc) is 3.33. The maximum atomic E-state index is 13.2. The van der Waals surface area contributed by atoms with Gasteiger partial charge in [-0.1, -0.05) is 12.1 Å². The lowest BCUT2D eigenvalue weighted by atomic mass is 10.1. The average molecular weight is 407 g/mol. The van der Waals surface area contributed by atoms with Crippen LogP contribution < -0.4 is 14.8 Å². The fourth-order valence-electron chi connectivity index (χ4n) is 3.47. The summed E-state index contributed by atoms with van der Waals surface area (Å²) in [6, 6.07) is 15.1. The van der Waals surface area contributed by atoms with Crippen LogP contribution in [0.3, 0.4) is 0 Å². The Bertz CT molecular complexity index is 1050. The lowest BCUT2D eigenvalue weighted by Gasteiger charge is -2.10. The SMILES string of the molecule is COc1ccc(/C=N/c2sc3c(c2C(=O)Nc2ccccc2OC)CCC3)cc1. The monoisotopic (exact) mass is 406 g/mol. The van der Waals surface area contributed by atoms with Crippen molar-refractivity contribution in [1.29, 1.82) is 0 Å². The van der Waals surface area contributed by atoms with Gasteiger partial charge in [-0.15, -0.1) is 11.3 Å². The molecule has 1 aliphatic rings. The predicted molar refractivity (Wildman–Crippen MR) is 118 cm³/mol. The van der Waals surface area contributed by atoms with Gasteiger partial charge in [0.2, 0.25) is 0 Å². The fraction of sp³-hybridized carbons (Fsp3) is 0.217. The highest BCUT2D eigenvalue weighted by molar-refractivity contribution is 7.16. The van der Waals surface area contributed by atoms with Crippen LogP contribution in [0.1, 0.15) is 32.8 Å². The molecule has 1 aromatic heterocycles. The number of carbonyl (C=O) groups is 1. The second kappa shape index (κ2) is 8.49. The van der Waals surface area contributed by atoms with Crippen molar-refractivity contribution in [2.24, 2.45) is 4.99 Å². The van der Waals surface area contributed by atoms with Crippen LogP contribution in [0, 0.1) is 0 Å². The zero-order valence-electron chi connectivity index (χ0n) is 16.4. The van der Waals surface area contributed by atoms with Crippen LogP contribution in [-0.2, 0) is 12.8 Å². The number of hydrogen-bond acceptors (Lipinski definition) is 5. The Morgan fingerprint density at radius 2 is 1.86 bits per heavy atom. The van der Waals surface area contributed by atoms with Crippen molar-refractivity contribution in [3.05, 3.63) is 70.1 Å². The number of hydrogen-bond donors (Lipinski definition) is 1. The van der Waals surface area contributed by atoms with Crippen molar-refractivity contribution >= 4 is 34.1 Å². The minimum absolute atomic E-state index is 0.143. The molecule has 3 aromatic rings. The number of rotatable bonds is 6. The van der Waals surface area contributed by atoms with Gasteiger partial charge >= 0.3 is 0 Å². The normalized spacial score (nSPS) is 12.8. The van der Waals surface area contributed by atoms with Gasteiger partial charge in [0.15, 0.2) is 0 Å². The number of fused-ring (bicyclic) bond motifs is 1. The second-order valence-corrected chi connectivity index (χ2v) is 7.81. The molecule has 1 N–H and O–H groups in total. The summed E-state index contributed by atoms with van der Waals surface area (Å²) in [5.74, 6) is 1.29. The van der Waals surface area contributed by atoms with Crippen molar-refractivity contribution in [3.63, 3.8) is 0 Å². The van der Waals surface area contributed by atoms with Crippen molar-refractivity contribution in [3.8, 4) is 11.5 Å². The molecule has 0 bridgehead atoms. The quantitative estimate of drug-likeness (QED) is 0.568. The van der Waals surface area contributed by atoms with Crippen molar-refractivity contribution in [2.75, 3.05) is 19.5 Å². The highest BCUT2D eigenvalue weighted by atomic mass is 32.1.